The quantitative estimate of drug-likeness (QED) is 0.511. The molecule has 0 aromatic heterocycles. The predicted octanol–water partition coefficient (Wildman–Crippen LogP) is 5.22. The molecule has 0 heterocycles. The third kappa shape index (κ3) is 2.32. The van der Waals surface area contributed by atoms with Gasteiger partial charge in [0, 0.05) is 5.41 Å². The van der Waals surface area contributed by atoms with E-state index < -0.39 is 0 Å². The van der Waals surface area contributed by atoms with Crippen molar-refractivity contribution in [3.63, 3.8) is 0 Å². The number of hydrogen-bond acceptors (Lipinski definition) is 0. The molecule has 1 aromatic rings. The maximum Gasteiger partial charge on any atom is 0.0383 e. The Labute approximate surface area is 117 Å². The maximum absolute atomic E-state index is 4.34. The van der Waals surface area contributed by atoms with Gasteiger partial charge in [-0.25, -0.2) is 0 Å². The molecule has 1 aliphatic carbocycles. The van der Waals surface area contributed by atoms with Crippen LogP contribution in [-0.4, -0.2) is 0 Å². The van der Waals surface area contributed by atoms with E-state index in [0.29, 0.717) is 5.92 Å². The van der Waals surface area contributed by atoms with E-state index in [1.54, 1.807) is 0 Å². The lowest BCUT2D eigenvalue weighted by Gasteiger charge is -2.29. The molecule has 0 saturated carbocycles. The lowest BCUT2D eigenvalue weighted by atomic mass is 9.74. The largest absolute Gasteiger partial charge is 0.0983 e. The van der Waals surface area contributed by atoms with Gasteiger partial charge in [-0.1, -0.05) is 68.5 Å². The summed E-state index contributed by atoms with van der Waals surface area (Å²) in [7, 11) is 0. The first-order valence-corrected chi connectivity index (χ1v) is 7.11. The van der Waals surface area contributed by atoms with Crippen molar-refractivity contribution in [1.82, 2.24) is 0 Å². The van der Waals surface area contributed by atoms with Crippen LogP contribution in [0.15, 0.2) is 60.2 Å². The molecule has 0 bridgehead atoms. The van der Waals surface area contributed by atoms with Crippen LogP contribution in [0.25, 0.3) is 0 Å². The van der Waals surface area contributed by atoms with Crippen molar-refractivity contribution >= 4 is 0 Å². The van der Waals surface area contributed by atoms with Crippen molar-refractivity contribution < 1.29 is 0 Å². The molecular weight excluding hydrogens is 228 g/mol. The molecule has 0 aliphatic heterocycles. The lowest BCUT2D eigenvalue weighted by molar-refractivity contribution is 0.693. The number of fused-ring (bicyclic) bond motifs is 1. The second-order valence-corrected chi connectivity index (χ2v) is 5.91. The zero-order valence-corrected chi connectivity index (χ0v) is 12.5. The van der Waals surface area contributed by atoms with E-state index in [-0.39, 0.29) is 5.41 Å². The monoisotopic (exact) mass is 252 g/mol. The van der Waals surface area contributed by atoms with Crippen LogP contribution in [0, 0.1) is 5.92 Å². The standard InChI is InChI=1S/C19H24/c1-6-17(12-11-14(2)3)19(5)15(4)13-16-9-7-8-10-18(16)19/h6-12,14H,4,13H2,1-3,5H3/b12-11-,17-6+. The lowest BCUT2D eigenvalue weighted by Crippen LogP contribution is -2.22. The van der Waals surface area contributed by atoms with Crippen LogP contribution in [0.5, 0.6) is 0 Å². The Balaban J connectivity index is 2.50. The highest BCUT2D eigenvalue weighted by Crippen LogP contribution is 2.47. The maximum atomic E-state index is 4.34. The molecule has 1 atom stereocenters. The minimum absolute atomic E-state index is 0.0310. The second-order valence-electron chi connectivity index (χ2n) is 5.91. The first-order chi connectivity index (χ1) is 9.00. The second kappa shape index (κ2) is 5.21. The summed E-state index contributed by atoms with van der Waals surface area (Å²) in [6.07, 6.45) is 7.78. The molecule has 1 aromatic carbocycles. The van der Waals surface area contributed by atoms with Gasteiger partial charge in [-0.05, 0) is 42.9 Å². The van der Waals surface area contributed by atoms with Crippen LogP contribution in [0.3, 0.4) is 0 Å². The van der Waals surface area contributed by atoms with Crippen LogP contribution in [0.1, 0.15) is 38.8 Å². The molecule has 100 valence electrons. The van der Waals surface area contributed by atoms with Gasteiger partial charge in [-0.15, -0.1) is 0 Å². The van der Waals surface area contributed by atoms with Crippen LogP contribution < -0.4 is 0 Å². The average molecular weight is 252 g/mol. The van der Waals surface area contributed by atoms with Gasteiger partial charge >= 0.3 is 0 Å². The van der Waals surface area contributed by atoms with Crippen molar-refractivity contribution in [2.45, 2.75) is 39.5 Å². The third-order valence-corrected chi connectivity index (χ3v) is 4.22. The highest BCUT2D eigenvalue weighted by Gasteiger charge is 2.39. The van der Waals surface area contributed by atoms with Crippen molar-refractivity contribution in [2.24, 2.45) is 5.92 Å². The van der Waals surface area contributed by atoms with Gasteiger partial charge in [0.2, 0.25) is 0 Å². The molecule has 2 rings (SSSR count). The van der Waals surface area contributed by atoms with Crippen LogP contribution in [0.4, 0.5) is 0 Å². The van der Waals surface area contributed by atoms with E-state index in [0.717, 1.165) is 6.42 Å². The number of allylic oxidation sites excluding steroid dienone is 5. The number of rotatable bonds is 3. The summed E-state index contributed by atoms with van der Waals surface area (Å²) in [6.45, 7) is 13.2. The molecule has 0 amide bonds. The molecule has 0 N–H and O–H groups in total. The minimum atomic E-state index is -0.0310. The van der Waals surface area contributed by atoms with E-state index in [4.69, 9.17) is 0 Å². The average Bonchev–Trinajstić information content (AvgIpc) is 2.63. The zero-order chi connectivity index (χ0) is 14.0. The molecule has 19 heavy (non-hydrogen) atoms. The summed E-state index contributed by atoms with van der Waals surface area (Å²) in [5.74, 6) is 0.573. The molecule has 0 heteroatoms. The van der Waals surface area contributed by atoms with Gasteiger partial charge in [0.1, 0.15) is 0 Å². The van der Waals surface area contributed by atoms with E-state index in [2.05, 4.69) is 76.8 Å². The SMILES string of the molecule is C=C1Cc2ccccc2C1(C)C(/C=C\C(C)C)=C/C. The van der Waals surface area contributed by atoms with Crippen LogP contribution >= 0.6 is 0 Å². The Kier molecular flexibility index (Phi) is 3.80. The Bertz CT molecular complexity index is 543. The smallest absolute Gasteiger partial charge is 0.0383 e. The Morgan fingerprint density at radius 3 is 2.63 bits per heavy atom. The fourth-order valence-corrected chi connectivity index (χ4v) is 2.97. The summed E-state index contributed by atoms with van der Waals surface area (Å²) in [4.78, 5) is 0. The van der Waals surface area contributed by atoms with E-state index in [1.807, 2.05) is 0 Å². The fourth-order valence-electron chi connectivity index (χ4n) is 2.97. The number of benzene rings is 1. The van der Waals surface area contributed by atoms with Crippen molar-refractivity contribution in [1.29, 1.82) is 0 Å². The van der Waals surface area contributed by atoms with Gasteiger partial charge in [0.25, 0.3) is 0 Å². The first-order valence-electron chi connectivity index (χ1n) is 7.11. The normalized spacial score (nSPS) is 23.4. The Morgan fingerprint density at radius 2 is 2.00 bits per heavy atom. The van der Waals surface area contributed by atoms with Gasteiger partial charge < -0.3 is 0 Å². The van der Waals surface area contributed by atoms with Gasteiger partial charge in [-0.3, -0.25) is 0 Å². The predicted molar refractivity (Wildman–Crippen MR) is 84.4 cm³/mol. The zero-order valence-electron chi connectivity index (χ0n) is 12.5. The first kappa shape index (κ1) is 13.9. The summed E-state index contributed by atoms with van der Waals surface area (Å²) < 4.78 is 0. The topological polar surface area (TPSA) is 0 Å². The molecule has 1 unspecified atom stereocenters. The van der Waals surface area contributed by atoms with Gasteiger partial charge in [0.05, 0.1) is 0 Å². The van der Waals surface area contributed by atoms with E-state index in [1.165, 1.54) is 22.3 Å². The van der Waals surface area contributed by atoms with E-state index >= 15 is 0 Å². The third-order valence-electron chi connectivity index (χ3n) is 4.22. The van der Waals surface area contributed by atoms with Gasteiger partial charge in [0.15, 0.2) is 0 Å². The highest BCUT2D eigenvalue weighted by molar-refractivity contribution is 5.58. The summed E-state index contributed by atoms with van der Waals surface area (Å²) in [5.41, 5.74) is 5.47. The van der Waals surface area contributed by atoms with Crippen LogP contribution in [0.2, 0.25) is 0 Å². The fraction of sp³-hybridized carbons (Fsp3) is 0.368. The van der Waals surface area contributed by atoms with Crippen molar-refractivity contribution in [3.8, 4) is 0 Å². The summed E-state index contributed by atoms with van der Waals surface area (Å²) in [5, 5.41) is 0. The minimum Gasteiger partial charge on any atom is -0.0983 e. The molecular formula is C19H24. The summed E-state index contributed by atoms with van der Waals surface area (Å²) in [6, 6.07) is 8.73. The van der Waals surface area contributed by atoms with Gasteiger partial charge in [-0.2, -0.15) is 0 Å². The molecule has 0 spiro atoms. The molecule has 0 fully saturated rings. The van der Waals surface area contributed by atoms with Crippen molar-refractivity contribution in [2.75, 3.05) is 0 Å². The number of hydrogen-bond donors (Lipinski definition) is 0. The molecule has 0 nitrogen and oxygen atoms in total. The van der Waals surface area contributed by atoms with Crippen molar-refractivity contribution in [3.05, 3.63) is 71.3 Å². The Hall–Kier alpha value is -1.56. The molecule has 0 radical (unpaired) electrons. The Morgan fingerprint density at radius 1 is 1.32 bits per heavy atom. The molecule has 0 saturated heterocycles. The summed E-state index contributed by atoms with van der Waals surface area (Å²) >= 11 is 0. The highest BCUT2D eigenvalue weighted by atomic mass is 14.4. The van der Waals surface area contributed by atoms with E-state index in [9.17, 15) is 0 Å². The van der Waals surface area contributed by atoms with Crippen LogP contribution in [-0.2, 0) is 11.8 Å². The molecule has 1 aliphatic rings.